The first-order valence-electron chi connectivity index (χ1n) is 11.0. The molecule has 0 spiro atoms. The molecule has 0 aliphatic carbocycles. The van der Waals surface area contributed by atoms with Crippen molar-refractivity contribution in [3.8, 4) is 0 Å². The molecule has 0 saturated carbocycles. The Morgan fingerprint density at radius 3 is 2.97 bits per heavy atom. The van der Waals surface area contributed by atoms with Crippen molar-refractivity contribution in [3.05, 3.63) is 59.3 Å². The van der Waals surface area contributed by atoms with Gasteiger partial charge in [-0.25, -0.2) is 9.37 Å². The van der Waals surface area contributed by atoms with Gasteiger partial charge in [-0.2, -0.15) is 4.57 Å². The summed E-state index contributed by atoms with van der Waals surface area (Å²) in [5.74, 6) is -2.55. The number of nitrogens with zero attached hydrogens (tertiary/aromatic N) is 5. The molecule has 1 saturated heterocycles. The Kier molecular flexibility index (Phi) is 6.80. The Hall–Kier alpha value is -3.98. The molecule has 0 radical (unpaired) electrons. The van der Waals surface area contributed by atoms with Gasteiger partial charge in [0.25, 0.3) is 11.8 Å². The van der Waals surface area contributed by atoms with Crippen LogP contribution >= 0.6 is 23.1 Å². The number of anilines is 1. The first-order valence-corrected chi connectivity index (χ1v) is 12.9. The molecule has 37 heavy (non-hydrogen) atoms. The van der Waals surface area contributed by atoms with Crippen LogP contribution in [-0.4, -0.2) is 68.2 Å². The number of hydrogen-bond donors (Lipinski definition) is 2. The highest BCUT2D eigenvalue weighted by Gasteiger charge is 2.53. The van der Waals surface area contributed by atoms with Crippen molar-refractivity contribution in [2.45, 2.75) is 18.0 Å². The zero-order valence-electron chi connectivity index (χ0n) is 19.1. The van der Waals surface area contributed by atoms with Gasteiger partial charge in [0.15, 0.2) is 29.8 Å². The molecule has 3 aromatic heterocycles. The Balaban J connectivity index is 1.34. The van der Waals surface area contributed by atoms with Gasteiger partial charge in [0.1, 0.15) is 35.9 Å². The molecule has 12 nitrogen and oxygen atoms in total. The summed E-state index contributed by atoms with van der Waals surface area (Å²) in [4.78, 5) is 48.0. The fourth-order valence-electron chi connectivity index (χ4n) is 4.09. The van der Waals surface area contributed by atoms with E-state index in [1.807, 2.05) is 45.9 Å². The van der Waals surface area contributed by atoms with E-state index >= 15 is 0 Å². The standard InChI is InChI=1S/C22H20FN7O5S2/c23-3-7-35-27-15(14-11-37-22(24)25-14)18(31)26-16-19(32)30-17(21(33)34)12(10-36-20(16)30)8-28-5-6-29-4-1-2-13(29)9-28/h1-2,4-6,9,11,16,20H,3,7-8,10H2,(H3-,24,25,26,31,33,34)/b27-15-/t16-,20-/m1/s1. The van der Waals surface area contributed by atoms with Crippen molar-refractivity contribution < 1.29 is 33.3 Å². The molecule has 1 fully saturated rings. The fraction of sp³-hybridized carbons (Fsp3) is 0.273. The smallest absolute Gasteiger partial charge is 0.276 e. The molecule has 5 rings (SSSR count). The van der Waals surface area contributed by atoms with Gasteiger partial charge in [0, 0.05) is 22.9 Å². The summed E-state index contributed by atoms with van der Waals surface area (Å²) in [6, 6.07) is 2.80. The number of carboxylic acids is 1. The van der Waals surface area contributed by atoms with Crippen molar-refractivity contribution in [2.75, 3.05) is 24.8 Å². The number of thioether (sulfide) groups is 1. The number of hydrogen-bond acceptors (Lipinski definition) is 10. The van der Waals surface area contributed by atoms with E-state index in [1.165, 1.54) is 17.1 Å². The molecule has 2 amide bonds. The number of nitrogens with two attached hydrogens (primary N) is 1. The minimum Gasteiger partial charge on any atom is -0.543 e. The number of rotatable bonds is 9. The largest absolute Gasteiger partial charge is 0.543 e. The topological polar surface area (TPSA) is 158 Å². The highest BCUT2D eigenvalue weighted by Crippen LogP contribution is 2.40. The molecule has 2 aliphatic rings. The Labute approximate surface area is 217 Å². The van der Waals surface area contributed by atoms with Crippen molar-refractivity contribution in [1.82, 2.24) is 19.6 Å². The van der Waals surface area contributed by atoms with Gasteiger partial charge in [-0.05, 0) is 12.1 Å². The van der Waals surface area contributed by atoms with Crippen LogP contribution in [0.15, 0.2) is 58.7 Å². The number of amides is 2. The highest BCUT2D eigenvalue weighted by atomic mass is 32.2. The number of aromatic nitrogens is 3. The van der Waals surface area contributed by atoms with Gasteiger partial charge in [-0.15, -0.1) is 23.1 Å². The van der Waals surface area contributed by atoms with Crippen LogP contribution in [0.5, 0.6) is 0 Å². The minimum atomic E-state index is -1.47. The number of thiazole rings is 1. The maximum Gasteiger partial charge on any atom is 0.276 e. The third-order valence-electron chi connectivity index (χ3n) is 5.73. The van der Waals surface area contributed by atoms with Crippen LogP contribution in [0.4, 0.5) is 9.52 Å². The second-order valence-electron chi connectivity index (χ2n) is 8.07. The number of halogens is 1. The number of fused-ring (bicyclic) bond motifs is 2. The summed E-state index contributed by atoms with van der Waals surface area (Å²) in [5, 5.41) is 19.3. The van der Waals surface area contributed by atoms with Gasteiger partial charge >= 0.3 is 0 Å². The number of β-lactam (4-membered cyclic amide) rings is 1. The van der Waals surface area contributed by atoms with Gasteiger partial charge in [0.05, 0.1) is 17.9 Å². The molecule has 192 valence electrons. The molecule has 0 aromatic carbocycles. The summed E-state index contributed by atoms with van der Waals surface area (Å²) < 4.78 is 16.2. The molecule has 2 atom stereocenters. The van der Waals surface area contributed by atoms with Gasteiger partial charge < -0.3 is 30.2 Å². The highest BCUT2D eigenvalue weighted by molar-refractivity contribution is 8.00. The molecule has 0 bridgehead atoms. The summed E-state index contributed by atoms with van der Waals surface area (Å²) >= 11 is 2.39. The van der Waals surface area contributed by atoms with Gasteiger partial charge in [-0.1, -0.05) is 5.16 Å². The second-order valence-corrected chi connectivity index (χ2v) is 10.1. The predicted molar refractivity (Wildman–Crippen MR) is 130 cm³/mol. The lowest BCUT2D eigenvalue weighted by molar-refractivity contribution is -0.688. The minimum absolute atomic E-state index is 0.105. The van der Waals surface area contributed by atoms with Crippen LogP contribution in [0.2, 0.25) is 0 Å². The monoisotopic (exact) mass is 545 g/mol. The van der Waals surface area contributed by atoms with Crippen LogP contribution in [0.3, 0.4) is 0 Å². The van der Waals surface area contributed by atoms with E-state index in [0.717, 1.165) is 21.8 Å². The lowest BCUT2D eigenvalue weighted by Gasteiger charge is -2.50. The van der Waals surface area contributed by atoms with E-state index in [4.69, 9.17) is 10.6 Å². The number of carboxylic acid groups (broad SMARTS) is 1. The number of carbonyl (C=O) groups excluding carboxylic acids is 3. The van der Waals surface area contributed by atoms with Gasteiger partial charge in [0.2, 0.25) is 0 Å². The Morgan fingerprint density at radius 1 is 1.41 bits per heavy atom. The van der Waals surface area contributed by atoms with Crippen molar-refractivity contribution in [2.24, 2.45) is 5.16 Å². The maximum atomic E-state index is 13.0. The third kappa shape index (κ3) is 4.74. The number of alkyl halides is 1. The zero-order chi connectivity index (χ0) is 26.1. The number of oxime groups is 1. The lowest BCUT2D eigenvalue weighted by Crippen LogP contribution is -2.71. The molecule has 15 heteroatoms. The van der Waals surface area contributed by atoms with E-state index in [2.05, 4.69) is 15.5 Å². The molecular weight excluding hydrogens is 525 g/mol. The maximum absolute atomic E-state index is 13.0. The van der Waals surface area contributed by atoms with E-state index in [1.54, 1.807) is 0 Å². The van der Waals surface area contributed by atoms with E-state index < -0.39 is 35.9 Å². The first-order chi connectivity index (χ1) is 17.9. The van der Waals surface area contributed by atoms with Crippen LogP contribution in [0, 0.1) is 0 Å². The summed E-state index contributed by atoms with van der Waals surface area (Å²) in [6.45, 7) is -0.937. The Morgan fingerprint density at radius 2 is 2.24 bits per heavy atom. The van der Waals surface area contributed by atoms with Crippen molar-refractivity contribution >= 4 is 57.2 Å². The van der Waals surface area contributed by atoms with Crippen LogP contribution in [0.25, 0.3) is 5.52 Å². The van der Waals surface area contributed by atoms with Gasteiger partial charge in [-0.3, -0.25) is 14.5 Å². The summed E-state index contributed by atoms with van der Waals surface area (Å²) in [6.07, 6.45) is 7.42. The number of carbonyl (C=O) groups is 3. The normalized spacial score (nSPS) is 19.5. The third-order valence-corrected chi connectivity index (χ3v) is 7.75. The lowest BCUT2D eigenvalue weighted by atomic mass is 10.0. The average molecular weight is 546 g/mol. The van der Waals surface area contributed by atoms with E-state index in [9.17, 15) is 23.9 Å². The van der Waals surface area contributed by atoms with E-state index in [-0.39, 0.29) is 35.4 Å². The number of nitrogens with one attached hydrogen (secondary N) is 1. The fourth-order valence-corrected chi connectivity index (χ4v) is 5.97. The number of aliphatic carboxylic acids is 1. The summed E-state index contributed by atoms with van der Waals surface area (Å²) in [7, 11) is 0. The Bertz CT molecular complexity index is 1450. The quantitative estimate of drug-likeness (QED) is 0.115. The van der Waals surface area contributed by atoms with Crippen LogP contribution in [0.1, 0.15) is 5.69 Å². The average Bonchev–Trinajstić information content (AvgIpc) is 3.53. The number of nitrogen functional groups attached to an aromatic ring is 1. The van der Waals surface area contributed by atoms with Crippen LogP contribution in [-0.2, 0) is 25.8 Å². The second kappa shape index (κ2) is 10.2. The van der Waals surface area contributed by atoms with Crippen molar-refractivity contribution in [1.29, 1.82) is 0 Å². The van der Waals surface area contributed by atoms with Crippen molar-refractivity contribution in [3.63, 3.8) is 0 Å². The van der Waals surface area contributed by atoms with E-state index in [0.29, 0.717) is 11.3 Å². The van der Waals surface area contributed by atoms with Crippen LogP contribution < -0.4 is 20.7 Å². The molecule has 3 aromatic rings. The molecule has 2 aliphatic heterocycles. The SMILES string of the molecule is Nc1nc(/C(=N/OCCF)C(=O)N[C@@H]2C(=O)N3C(C(=O)[O-])=C(C[n+]4ccn5cccc5c4)CS[C@H]23)cs1. The summed E-state index contributed by atoms with van der Waals surface area (Å²) in [5.41, 5.74) is 6.71. The molecule has 5 heterocycles. The predicted octanol–water partition coefficient (Wildman–Crippen LogP) is -0.940. The molecule has 0 unspecified atom stereocenters. The first kappa shape index (κ1) is 24.7. The molecule has 3 N–H and O–H groups in total. The zero-order valence-corrected chi connectivity index (χ0v) is 20.7. The molecular formula is C22H20FN7O5S2.